The number of hydrogen-bond acceptors (Lipinski definition) is 0. The fraction of sp³-hybridized carbons (Fsp3) is 0.818. The fourth-order valence-electron chi connectivity index (χ4n) is 2.62. The van der Waals surface area contributed by atoms with E-state index in [1.807, 2.05) is 0 Å². The maximum Gasteiger partial charge on any atom is -0.0174 e. The van der Waals surface area contributed by atoms with E-state index >= 15 is 0 Å². The van der Waals surface area contributed by atoms with Gasteiger partial charge in [0.25, 0.3) is 0 Å². The first-order valence-electron chi connectivity index (χ1n) is 4.84. The first-order chi connectivity index (χ1) is 5.14. The molecule has 0 aromatic heterocycles. The predicted molar refractivity (Wildman–Crippen MR) is 48.4 cm³/mol. The lowest BCUT2D eigenvalue weighted by molar-refractivity contribution is -0.00151. The Morgan fingerprint density at radius 2 is 2.27 bits per heavy atom. The fourth-order valence-corrected chi connectivity index (χ4v) is 2.62. The molecule has 11 heavy (non-hydrogen) atoms. The van der Waals surface area contributed by atoms with Gasteiger partial charge in [0.15, 0.2) is 0 Å². The summed E-state index contributed by atoms with van der Waals surface area (Å²) in [6.07, 6.45) is 6.68. The van der Waals surface area contributed by atoms with Crippen molar-refractivity contribution in [3.8, 4) is 0 Å². The topological polar surface area (TPSA) is 0 Å². The summed E-state index contributed by atoms with van der Waals surface area (Å²) in [5, 5.41) is 0. The number of hydrogen-bond donors (Lipinski definition) is 0. The van der Waals surface area contributed by atoms with Crippen LogP contribution in [-0.2, 0) is 0 Å². The van der Waals surface area contributed by atoms with Gasteiger partial charge in [-0.25, -0.2) is 0 Å². The van der Waals surface area contributed by atoms with Crippen LogP contribution in [-0.4, -0.2) is 0 Å². The Morgan fingerprint density at radius 1 is 1.55 bits per heavy atom. The minimum atomic E-state index is 0.638. The summed E-state index contributed by atoms with van der Waals surface area (Å²) in [7, 11) is 0. The number of rotatable bonds is 1. The van der Waals surface area contributed by atoms with Gasteiger partial charge in [-0.1, -0.05) is 32.4 Å². The largest absolute Gasteiger partial charge is 0.0817 e. The Kier molecular flexibility index (Phi) is 1.42. The highest BCUT2D eigenvalue weighted by molar-refractivity contribution is 5.20. The smallest absolute Gasteiger partial charge is 0.0174 e. The van der Waals surface area contributed by atoms with Crippen LogP contribution in [0.5, 0.6) is 0 Å². The number of fused-ring (bicyclic) bond motifs is 1. The van der Waals surface area contributed by atoms with Crippen LogP contribution in [0.25, 0.3) is 0 Å². The molecule has 3 rings (SSSR count). The van der Waals surface area contributed by atoms with Crippen molar-refractivity contribution in [3.05, 3.63) is 11.6 Å². The Hall–Kier alpha value is -0.260. The van der Waals surface area contributed by atoms with E-state index in [1.54, 1.807) is 5.57 Å². The van der Waals surface area contributed by atoms with Crippen LogP contribution in [0.4, 0.5) is 0 Å². The third kappa shape index (κ3) is 0.881. The molecule has 0 heteroatoms. The maximum atomic E-state index is 2.54. The van der Waals surface area contributed by atoms with E-state index < -0.39 is 0 Å². The summed E-state index contributed by atoms with van der Waals surface area (Å²) in [5.74, 6) is 1.92. The molecule has 0 saturated heterocycles. The molecule has 3 aliphatic carbocycles. The van der Waals surface area contributed by atoms with Gasteiger partial charge in [0, 0.05) is 0 Å². The van der Waals surface area contributed by atoms with Crippen molar-refractivity contribution in [2.75, 3.05) is 0 Å². The van der Waals surface area contributed by atoms with Crippen molar-refractivity contribution in [3.63, 3.8) is 0 Å². The van der Waals surface area contributed by atoms with Gasteiger partial charge < -0.3 is 0 Å². The summed E-state index contributed by atoms with van der Waals surface area (Å²) >= 11 is 0. The SMILES string of the molecule is CCC1=C[C@@H]2C[C@H](C1)C2(C)C. The zero-order chi connectivity index (χ0) is 8.06. The second-order valence-corrected chi connectivity index (χ2v) is 4.74. The molecule has 62 valence electrons. The minimum absolute atomic E-state index is 0.638. The summed E-state index contributed by atoms with van der Waals surface area (Å²) in [6.45, 7) is 7.13. The van der Waals surface area contributed by atoms with E-state index in [1.165, 1.54) is 19.3 Å². The first-order valence-corrected chi connectivity index (χ1v) is 4.84. The van der Waals surface area contributed by atoms with Crippen LogP contribution >= 0.6 is 0 Å². The molecule has 0 nitrogen and oxygen atoms in total. The van der Waals surface area contributed by atoms with Crippen LogP contribution < -0.4 is 0 Å². The molecule has 1 saturated carbocycles. The second kappa shape index (κ2) is 2.12. The van der Waals surface area contributed by atoms with Crippen LogP contribution in [0.1, 0.15) is 40.0 Å². The van der Waals surface area contributed by atoms with Crippen molar-refractivity contribution in [1.82, 2.24) is 0 Å². The molecule has 0 N–H and O–H groups in total. The van der Waals surface area contributed by atoms with Gasteiger partial charge in [0.2, 0.25) is 0 Å². The molecule has 0 aromatic rings. The van der Waals surface area contributed by atoms with Crippen LogP contribution in [0.2, 0.25) is 0 Å². The molecule has 0 radical (unpaired) electrons. The third-order valence-corrected chi connectivity index (χ3v) is 3.95. The lowest BCUT2D eigenvalue weighted by Crippen LogP contribution is -2.46. The lowest BCUT2D eigenvalue weighted by Gasteiger charge is -2.55. The zero-order valence-electron chi connectivity index (χ0n) is 7.85. The normalized spacial score (nSPS) is 39.4. The maximum absolute atomic E-state index is 2.54. The van der Waals surface area contributed by atoms with Crippen molar-refractivity contribution < 1.29 is 0 Å². The predicted octanol–water partition coefficient (Wildman–Crippen LogP) is 3.39. The van der Waals surface area contributed by atoms with Gasteiger partial charge >= 0.3 is 0 Å². The van der Waals surface area contributed by atoms with Gasteiger partial charge in [0.1, 0.15) is 0 Å². The highest BCUT2D eigenvalue weighted by Crippen LogP contribution is 2.58. The molecule has 0 amide bonds. The molecule has 1 fully saturated rings. The minimum Gasteiger partial charge on any atom is -0.0817 e. The van der Waals surface area contributed by atoms with E-state index in [0.29, 0.717) is 5.41 Å². The molecule has 0 aromatic carbocycles. The van der Waals surface area contributed by atoms with Gasteiger partial charge in [-0.15, -0.1) is 0 Å². The highest BCUT2D eigenvalue weighted by atomic mass is 14.5. The molecule has 2 bridgehead atoms. The molecule has 0 aliphatic heterocycles. The Bertz CT molecular complexity index is 198. The van der Waals surface area contributed by atoms with Crippen LogP contribution in [0.3, 0.4) is 0 Å². The second-order valence-electron chi connectivity index (χ2n) is 4.74. The van der Waals surface area contributed by atoms with Crippen molar-refractivity contribution in [2.24, 2.45) is 17.3 Å². The Balaban J connectivity index is 2.19. The molecular formula is C11H18. The van der Waals surface area contributed by atoms with Crippen LogP contribution in [0.15, 0.2) is 11.6 Å². The van der Waals surface area contributed by atoms with Crippen molar-refractivity contribution in [2.45, 2.75) is 40.0 Å². The van der Waals surface area contributed by atoms with E-state index in [4.69, 9.17) is 0 Å². The molecular weight excluding hydrogens is 132 g/mol. The standard InChI is InChI=1S/C11H18/c1-4-8-5-9-7-10(6-8)11(9,2)3/h5,9-10H,4,6-7H2,1-3H3/t9-,10+/m1/s1. The average Bonchev–Trinajstić information content (AvgIpc) is 2.04. The summed E-state index contributed by atoms with van der Waals surface area (Å²) in [5.41, 5.74) is 2.35. The third-order valence-electron chi connectivity index (χ3n) is 3.95. The molecule has 2 atom stereocenters. The summed E-state index contributed by atoms with van der Waals surface area (Å²) < 4.78 is 0. The van der Waals surface area contributed by atoms with Crippen LogP contribution in [0, 0.1) is 17.3 Å². The monoisotopic (exact) mass is 150 g/mol. The van der Waals surface area contributed by atoms with Gasteiger partial charge in [-0.3, -0.25) is 0 Å². The average molecular weight is 150 g/mol. The van der Waals surface area contributed by atoms with E-state index in [0.717, 1.165) is 11.8 Å². The molecule has 0 spiro atoms. The summed E-state index contributed by atoms with van der Waals surface area (Å²) in [6, 6.07) is 0. The summed E-state index contributed by atoms with van der Waals surface area (Å²) in [4.78, 5) is 0. The Morgan fingerprint density at radius 3 is 2.64 bits per heavy atom. The van der Waals surface area contributed by atoms with Crippen molar-refractivity contribution in [1.29, 1.82) is 0 Å². The molecule has 0 unspecified atom stereocenters. The van der Waals surface area contributed by atoms with E-state index in [2.05, 4.69) is 26.8 Å². The molecule has 3 aliphatic rings. The van der Waals surface area contributed by atoms with Gasteiger partial charge in [0.05, 0.1) is 0 Å². The quantitative estimate of drug-likeness (QED) is 0.503. The first kappa shape index (κ1) is 7.39. The molecule has 0 heterocycles. The Labute approximate surface area is 69.7 Å². The zero-order valence-corrected chi connectivity index (χ0v) is 7.85. The lowest BCUT2D eigenvalue weighted by atomic mass is 9.50. The number of allylic oxidation sites excluding steroid dienone is 2. The van der Waals surface area contributed by atoms with Gasteiger partial charge in [-0.05, 0) is 36.5 Å². The van der Waals surface area contributed by atoms with E-state index in [-0.39, 0.29) is 0 Å². The van der Waals surface area contributed by atoms with Gasteiger partial charge in [-0.2, -0.15) is 0 Å². The van der Waals surface area contributed by atoms with E-state index in [9.17, 15) is 0 Å². The highest BCUT2D eigenvalue weighted by Gasteiger charge is 2.49. The van der Waals surface area contributed by atoms with Crippen molar-refractivity contribution >= 4 is 0 Å².